The van der Waals surface area contributed by atoms with E-state index in [4.69, 9.17) is 11.0 Å². The van der Waals surface area contributed by atoms with Crippen LogP contribution in [-0.4, -0.2) is 14.2 Å². The second-order valence-corrected chi connectivity index (χ2v) is 6.20. The molecule has 0 amide bonds. The molecule has 2 N–H and O–H groups in total. The SMILES string of the molecule is N#CCCCS(=O)(=O)c1ccc(N)cc1Br. The molecule has 6 heteroatoms. The van der Waals surface area contributed by atoms with Crippen molar-refractivity contribution in [3.05, 3.63) is 22.7 Å². The fourth-order valence-corrected chi connectivity index (χ4v) is 3.73. The maximum absolute atomic E-state index is 11.9. The number of hydrogen-bond acceptors (Lipinski definition) is 4. The predicted molar refractivity (Wildman–Crippen MR) is 65.5 cm³/mol. The molecular weight excluding hydrogens is 292 g/mol. The van der Waals surface area contributed by atoms with E-state index in [2.05, 4.69) is 15.9 Å². The zero-order chi connectivity index (χ0) is 12.2. The molecule has 0 unspecified atom stereocenters. The second-order valence-electron chi connectivity index (χ2n) is 3.27. The van der Waals surface area contributed by atoms with Crippen LogP contribution in [0.2, 0.25) is 0 Å². The highest BCUT2D eigenvalue weighted by atomic mass is 79.9. The van der Waals surface area contributed by atoms with E-state index >= 15 is 0 Å². The number of rotatable bonds is 4. The molecular formula is C10H11BrN2O2S. The van der Waals surface area contributed by atoms with Crippen LogP contribution in [0.1, 0.15) is 12.8 Å². The van der Waals surface area contributed by atoms with Crippen LogP contribution < -0.4 is 5.73 Å². The first-order chi connectivity index (χ1) is 7.47. The first kappa shape index (κ1) is 13.0. The highest BCUT2D eigenvalue weighted by molar-refractivity contribution is 9.10. The average molecular weight is 303 g/mol. The fraction of sp³-hybridized carbons (Fsp3) is 0.300. The minimum atomic E-state index is -3.33. The molecule has 1 aromatic carbocycles. The van der Waals surface area contributed by atoms with Crippen LogP contribution in [0.25, 0.3) is 0 Å². The zero-order valence-corrected chi connectivity index (χ0v) is 10.9. The number of halogens is 1. The van der Waals surface area contributed by atoms with Gasteiger partial charge in [0.15, 0.2) is 9.84 Å². The third-order valence-electron chi connectivity index (χ3n) is 1.99. The molecule has 0 atom stereocenters. The number of nitrogens with two attached hydrogens (primary N) is 1. The van der Waals surface area contributed by atoms with Crippen LogP contribution in [0.5, 0.6) is 0 Å². The molecule has 0 spiro atoms. The van der Waals surface area contributed by atoms with Crippen LogP contribution in [0, 0.1) is 11.3 Å². The van der Waals surface area contributed by atoms with E-state index in [9.17, 15) is 8.42 Å². The standard InChI is InChI=1S/C10H11BrN2O2S/c11-9-7-8(13)3-4-10(9)16(14,15)6-2-1-5-12/h3-4,7H,1-2,6,13H2. The van der Waals surface area contributed by atoms with E-state index in [-0.39, 0.29) is 17.1 Å². The molecule has 0 fully saturated rings. The molecule has 0 heterocycles. The maximum atomic E-state index is 11.9. The number of nitrogens with zero attached hydrogens (tertiary/aromatic N) is 1. The Morgan fingerprint density at radius 1 is 1.44 bits per heavy atom. The Labute approximate surface area is 103 Å². The Morgan fingerprint density at radius 2 is 2.12 bits per heavy atom. The molecule has 0 bridgehead atoms. The van der Waals surface area contributed by atoms with Crippen molar-refractivity contribution in [1.82, 2.24) is 0 Å². The highest BCUT2D eigenvalue weighted by Gasteiger charge is 2.17. The second kappa shape index (κ2) is 5.32. The molecule has 0 aliphatic rings. The average Bonchev–Trinajstić information content (AvgIpc) is 2.17. The lowest BCUT2D eigenvalue weighted by Gasteiger charge is -2.06. The normalized spacial score (nSPS) is 11.0. The molecule has 0 saturated heterocycles. The summed E-state index contributed by atoms with van der Waals surface area (Å²) in [6, 6.07) is 6.49. The summed E-state index contributed by atoms with van der Waals surface area (Å²) < 4.78 is 24.2. The summed E-state index contributed by atoms with van der Waals surface area (Å²) in [5.41, 5.74) is 6.03. The fourth-order valence-electron chi connectivity index (χ4n) is 1.22. The van der Waals surface area contributed by atoms with Gasteiger partial charge in [-0.15, -0.1) is 0 Å². The number of nitriles is 1. The van der Waals surface area contributed by atoms with Crippen LogP contribution in [0.3, 0.4) is 0 Å². The smallest absolute Gasteiger partial charge is 0.179 e. The minimum Gasteiger partial charge on any atom is -0.399 e. The van der Waals surface area contributed by atoms with E-state index in [1.54, 1.807) is 12.1 Å². The van der Waals surface area contributed by atoms with Gasteiger partial charge < -0.3 is 5.73 Å². The monoisotopic (exact) mass is 302 g/mol. The summed E-state index contributed by atoms with van der Waals surface area (Å²) >= 11 is 3.17. The summed E-state index contributed by atoms with van der Waals surface area (Å²) in [5, 5.41) is 8.35. The van der Waals surface area contributed by atoms with Gasteiger partial charge in [-0.2, -0.15) is 5.26 Å². The van der Waals surface area contributed by atoms with Gasteiger partial charge in [0.2, 0.25) is 0 Å². The van der Waals surface area contributed by atoms with Crippen molar-refractivity contribution in [2.75, 3.05) is 11.5 Å². The first-order valence-electron chi connectivity index (χ1n) is 4.62. The molecule has 1 rings (SSSR count). The van der Waals surface area contributed by atoms with Gasteiger partial charge in [-0.1, -0.05) is 0 Å². The Bertz CT molecular complexity index is 520. The lowest BCUT2D eigenvalue weighted by atomic mass is 10.3. The van der Waals surface area contributed by atoms with Crippen LogP contribution in [-0.2, 0) is 9.84 Å². The Kier molecular flexibility index (Phi) is 4.33. The first-order valence-corrected chi connectivity index (χ1v) is 7.06. The van der Waals surface area contributed by atoms with Crippen LogP contribution in [0.4, 0.5) is 5.69 Å². The molecule has 0 saturated carbocycles. The largest absolute Gasteiger partial charge is 0.399 e. The van der Waals surface area contributed by atoms with E-state index in [1.165, 1.54) is 6.07 Å². The Morgan fingerprint density at radius 3 is 2.69 bits per heavy atom. The lowest BCUT2D eigenvalue weighted by molar-refractivity contribution is 0.593. The van der Waals surface area contributed by atoms with E-state index in [1.807, 2.05) is 6.07 Å². The summed E-state index contributed by atoms with van der Waals surface area (Å²) in [6.45, 7) is 0. The number of anilines is 1. The third kappa shape index (κ3) is 3.22. The molecule has 4 nitrogen and oxygen atoms in total. The predicted octanol–water partition coefficient (Wildman–Crippen LogP) is 2.11. The van der Waals surface area contributed by atoms with Crippen molar-refractivity contribution in [3.8, 4) is 6.07 Å². The van der Waals surface area contributed by atoms with Crippen molar-refractivity contribution in [2.24, 2.45) is 0 Å². The number of benzene rings is 1. The van der Waals surface area contributed by atoms with Crippen molar-refractivity contribution in [3.63, 3.8) is 0 Å². The third-order valence-corrected chi connectivity index (χ3v) is 4.76. The van der Waals surface area contributed by atoms with Crippen LogP contribution >= 0.6 is 15.9 Å². The maximum Gasteiger partial charge on any atom is 0.179 e. The van der Waals surface area contributed by atoms with Crippen LogP contribution in [0.15, 0.2) is 27.6 Å². The summed E-state index contributed by atoms with van der Waals surface area (Å²) in [7, 11) is -3.33. The van der Waals surface area contributed by atoms with E-state index in [0.717, 1.165) is 0 Å². The number of unbranched alkanes of at least 4 members (excludes halogenated alkanes) is 1. The van der Waals surface area contributed by atoms with Gasteiger partial charge in [0.1, 0.15) is 0 Å². The Balaban J connectivity index is 2.95. The van der Waals surface area contributed by atoms with Gasteiger partial charge in [0.05, 0.1) is 16.7 Å². The zero-order valence-electron chi connectivity index (χ0n) is 8.48. The molecule has 0 radical (unpaired) electrons. The summed E-state index contributed by atoms with van der Waals surface area (Å²) in [6.07, 6.45) is 0.585. The lowest BCUT2D eigenvalue weighted by Crippen LogP contribution is -2.07. The van der Waals surface area contributed by atoms with Crippen molar-refractivity contribution in [1.29, 1.82) is 5.26 Å². The highest BCUT2D eigenvalue weighted by Crippen LogP contribution is 2.25. The quantitative estimate of drug-likeness (QED) is 0.682. The molecule has 0 aliphatic heterocycles. The number of nitrogen functional groups attached to an aromatic ring is 1. The van der Waals surface area contributed by atoms with Gasteiger partial charge in [0, 0.05) is 16.6 Å². The summed E-state index contributed by atoms with van der Waals surface area (Å²) in [4.78, 5) is 0.222. The molecule has 0 aromatic heterocycles. The molecule has 0 aliphatic carbocycles. The van der Waals surface area contributed by atoms with Crippen molar-refractivity contribution >= 4 is 31.5 Å². The van der Waals surface area contributed by atoms with Gasteiger partial charge >= 0.3 is 0 Å². The van der Waals surface area contributed by atoms with Crippen molar-refractivity contribution < 1.29 is 8.42 Å². The van der Waals surface area contributed by atoms with E-state index < -0.39 is 9.84 Å². The van der Waals surface area contributed by atoms with E-state index in [0.29, 0.717) is 16.6 Å². The summed E-state index contributed by atoms with van der Waals surface area (Å²) in [5.74, 6) is -0.0247. The molecule has 16 heavy (non-hydrogen) atoms. The number of hydrogen-bond donors (Lipinski definition) is 1. The molecule has 86 valence electrons. The topological polar surface area (TPSA) is 84.0 Å². The van der Waals surface area contributed by atoms with Crippen molar-refractivity contribution in [2.45, 2.75) is 17.7 Å². The minimum absolute atomic E-state index is 0.0247. The Hall–Kier alpha value is -1.06. The van der Waals surface area contributed by atoms with Gasteiger partial charge in [-0.3, -0.25) is 0 Å². The number of sulfone groups is 1. The van der Waals surface area contributed by atoms with Gasteiger partial charge in [-0.25, -0.2) is 8.42 Å². The molecule has 1 aromatic rings. The van der Waals surface area contributed by atoms with Gasteiger partial charge in [-0.05, 0) is 40.5 Å². The van der Waals surface area contributed by atoms with Gasteiger partial charge in [0.25, 0.3) is 0 Å².